The molecule has 12 heavy (non-hydrogen) atoms. The van der Waals surface area contributed by atoms with Crippen LogP contribution in [0.3, 0.4) is 0 Å². The smallest absolute Gasteiger partial charge is 0.0638 e. The summed E-state index contributed by atoms with van der Waals surface area (Å²) in [6.07, 6.45) is 4.38. The molecule has 2 nitrogen and oxygen atoms in total. The van der Waals surface area contributed by atoms with E-state index in [1.165, 1.54) is 12.8 Å². The van der Waals surface area contributed by atoms with Gasteiger partial charge in [0.25, 0.3) is 0 Å². The van der Waals surface area contributed by atoms with E-state index in [1.807, 2.05) is 0 Å². The van der Waals surface area contributed by atoms with Crippen LogP contribution in [0.5, 0.6) is 0 Å². The Morgan fingerprint density at radius 3 is 2.50 bits per heavy atom. The monoisotopic (exact) mass is 172 g/mol. The molecule has 0 radical (unpaired) electrons. The van der Waals surface area contributed by atoms with Crippen molar-refractivity contribution in [3.8, 4) is 0 Å². The highest BCUT2D eigenvalue weighted by atomic mass is 16.5. The van der Waals surface area contributed by atoms with Gasteiger partial charge in [-0.1, -0.05) is 33.1 Å². The molecule has 1 fully saturated rings. The molecule has 0 aromatic heterocycles. The number of hydrogen-bond donors (Lipinski definition) is 1. The van der Waals surface area contributed by atoms with Crippen molar-refractivity contribution in [1.29, 1.82) is 0 Å². The third kappa shape index (κ3) is 2.20. The lowest BCUT2D eigenvalue weighted by molar-refractivity contribution is -0.162. The van der Waals surface area contributed by atoms with Gasteiger partial charge >= 0.3 is 0 Å². The van der Waals surface area contributed by atoms with Gasteiger partial charge < -0.3 is 9.84 Å². The van der Waals surface area contributed by atoms with E-state index in [1.54, 1.807) is 0 Å². The molecule has 0 aromatic carbocycles. The van der Waals surface area contributed by atoms with E-state index in [4.69, 9.17) is 4.74 Å². The van der Waals surface area contributed by atoms with Crippen molar-refractivity contribution in [2.45, 2.75) is 45.6 Å². The molecule has 1 N–H and O–H groups in total. The first-order valence-electron chi connectivity index (χ1n) is 4.95. The van der Waals surface area contributed by atoms with Crippen molar-refractivity contribution in [2.75, 3.05) is 13.2 Å². The van der Waals surface area contributed by atoms with Gasteiger partial charge in [-0.15, -0.1) is 0 Å². The zero-order valence-corrected chi connectivity index (χ0v) is 8.18. The van der Waals surface area contributed by atoms with Crippen LogP contribution in [0.2, 0.25) is 0 Å². The summed E-state index contributed by atoms with van der Waals surface area (Å²) in [6.45, 7) is 5.76. The molecular weight excluding hydrogens is 152 g/mol. The second-order valence-electron chi connectivity index (χ2n) is 4.16. The number of aliphatic hydroxyl groups excluding tert-OH is 1. The second kappa shape index (κ2) is 4.24. The summed E-state index contributed by atoms with van der Waals surface area (Å²) in [6, 6.07) is 0. The lowest BCUT2D eigenvalue weighted by Gasteiger charge is -2.42. The molecular formula is C10H20O2. The summed E-state index contributed by atoms with van der Waals surface area (Å²) in [5, 5.41) is 9.77. The minimum absolute atomic E-state index is 0.0632. The number of unbranched alkanes of at least 4 members (excludes halogenated alkanes) is 2. The van der Waals surface area contributed by atoms with Gasteiger partial charge in [-0.3, -0.25) is 0 Å². The average Bonchev–Trinajstić information content (AvgIpc) is 2.00. The van der Waals surface area contributed by atoms with Crippen LogP contribution in [0.1, 0.15) is 39.5 Å². The molecule has 0 saturated carbocycles. The zero-order chi connectivity index (χ0) is 9.03. The van der Waals surface area contributed by atoms with Crippen molar-refractivity contribution in [2.24, 2.45) is 5.41 Å². The van der Waals surface area contributed by atoms with E-state index >= 15 is 0 Å². The highest BCUT2D eigenvalue weighted by Crippen LogP contribution is 2.32. The van der Waals surface area contributed by atoms with Crippen LogP contribution in [-0.4, -0.2) is 24.4 Å². The summed E-state index contributed by atoms with van der Waals surface area (Å²) in [5.74, 6) is 0. The fourth-order valence-electron chi connectivity index (χ4n) is 1.55. The molecule has 0 bridgehead atoms. The third-order valence-corrected chi connectivity index (χ3v) is 2.75. The van der Waals surface area contributed by atoms with Gasteiger partial charge in [-0.2, -0.15) is 0 Å². The van der Waals surface area contributed by atoms with Crippen LogP contribution >= 0.6 is 0 Å². The molecule has 1 saturated heterocycles. The lowest BCUT2D eigenvalue weighted by Crippen LogP contribution is -2.48. The molecule has 1 rings (SSSR count). The number of ether oxygens (including phenoxy) is 1. The summed E-state index contributed by atoms with van der Waals surface area (Å²) in [5.41, 5.74) is 0.0632. The van der Waals surface area contributed by atoms with Gasteiger partial charge in [0, 0.05) is 5.41 Å². The van der Waals surface area contributed by atoms with Crippen molar-refractivity contribution >= 4 is 0 Å². The minimum atomic E-state index is -0.155. The first-order chi connectivity index (χ1) is 5.69. The van der Waals surface area contributed by atoms with Crippen molar-refractivity contribution in [3.63, 3.8) is 0 Å². The van der Waals surface area contributed by atoms with Crippen LogP contribution in [0, 0.1) is 5.41 Å². The summed E-state index contributed by atoms with van der Waals surface area (Å²) in [7, 11) is 0. The van der Waals surface area contributed by atoms with Crippen molar-refractivity contribution in [1.82, 2.24) is 0 Å². The Morgan fingerprint density at radius 1 is 1.42 bits per heavy atom. The quantitative estimate of drug-likeness (QED) is 0.642. The highest BCUT2D eigenvalue weighted by molar-refractivity contribution is 4.87. The van der Waals surface area contributed by atoms with E-state index in [0.717, 1.165) is 26.1 Å². The fourth-order valence-corrected chi connectivity index (χ4v) is 1.55. The maximum Gasteiger partial charge on any atom is 0.0638 e. The van der Waals surface area contributed by atoms with Crippen LogP contribution in [0.15, 0.2) is 0 Å². The van der Waals surface area contributed by atoms with Crippen LogP contribution in [0.4, 0.5) is 0 Å². The molecule has 1 aliphatic rings. The molecule has 2 heteroatoms. The number of hydrogen-bond acceptors (Lipinski definition) is 2. The fraction of sp³-hybridized carbons (Fsp3) is 1.00. The number of rotatable bonds is 5. The standard InChI is InChI=1S/C10H20O2/c1-3-4-5-6-9(11)10(2)7-12-8-10/h9,11H,3-8H2,1-2H3. The Kier molecular flexibility index (Phi) is 3.53. The summed E-state index contributed by atoms with van der Waals surface area (Å²) in [4.78, 5) is 0. The summed E-state index contributed by atoms with van der Waals surface area (Å²) >= 11 is 0. The Balaban J connectivity index is 2.14. The van der Waals surface area contributed by atoms with Crippen LogP contribution < -0.4 is 0 Å². The van der Waals surface area contributed by atoms with Crippen molar-refractivity contribution in [3.05, 3.63) is 0 Å². The Morgan fingerprint density at radius 2 is 2.08 bits per heavy atom. The molecule has 0 amide bonds. The van der Waals surface area contributed by atoms with E-state index in [2.05, 4.69) is 13.8 Å². The minimum Gasteiger partial charge on any atom is -0.392 e. The average molecular weight is 172 g/mol. The number of aliphatic hydroxyl groups is 1. The first kappa shape index (κ1) is 10.0. The predicted molar refractivity (Wildman–Crippen MR) is 49.1 cm³/mol. The maximum atomic E-state index is 9.77. The first-order valence-corrected chi connectivity index (χ1v) is 4.95. The Labute approximate surface area is 74.9 Å². The second-order valence-corrected chi connectivity index (χ2v) is 4.16. The molecule has 72 valence electrons. The van der Waals surface area contributed by atoms with E-state index < -0.39 is 0 Å². The van der Waals surface area contributed by atoms with Gasteiger partial charge in [-0.05, 0) is 6.42 Å². The van der Waals surface area contributed by atoms with Gasteiger partial charge in [0.1, 0.15) is 0 Å². The molecule has 1 heterocycles. The molecule has 1 unspecified atom stereocenters. The van der Waals surface area contributed by atoms with Crippen LogP contribution in [-0.2, 0) is 4.74 Å². The third-order valence-electron chi connectivity index (χ3n) is 2.75. The van der Waals surface area contributed by atoms with Gasteiger partial charge in [0.15, 0.2) is 0 Å². The largest absolute Gasteiger partial charge is 0.392 e. The molecule has 0 spiro atoms. The molecule has 0 aromatic rings. The molecule has 1 aliphatic heterocycles. The zero-order valence-electron chi connectivity index (χ0n) is 8.18. The Bertz CT molecular complexity index is 130. The highest BCUT2D eigenvalue weighted by Gasteiger charge is 2.39. The van der Waals surface area contributed by atoms with Crippen molar-refractivity contribution < 1.29 is 9.84 Å². The Hall–Kier alpha value is -0.0800. The lowest BCUT2D eigenvalue weighted by atomic mass is 9.80. The van der Waals surface area contributed by atoms with E-state index in [0.29, 0.717) is 0 Å². The van der Waals surface area contributed by atoms with Gasteiger partial charge in [0.05, 0.1) is 19.3 Å². The summed E-state index contributed by atoms with van der Waals surface area (Å²) < 4.78 is 5.11. The predicted octanol–water partition coefficient (Wildman–Crippen LogP) is 1.96. The molecule has 0 aliphatic carbocycles. The van der Waals surface area contributed by atoms with E-state index in [9.17, 15) is 5.11 Å². The topological polar surface area (TPSA) is 29.5 Å². The maximum absolute atomic E-state index is 9.77. The molecule has 1 atom stereocenters. The normalized spacial score (nSPS) is 23.2. The SMILES string of the molecule is CCCCCC(O)C1(C)COC1. The van der Waals surface area contributed by atoms with Crippen LogP contribution in [0.25, 0.3) is 0 Å². The van der Waals surface area contributed by atoms with Gasteiger partial charge in [-0.25, -0.2) is 0 Å². The van der Waals surface area contributed by atoms with E-state index in [-0.39, 0.29) is 11.5 Å². The van der Waals surface area contributed by atoms with Gasteiger partial charge in [0.2, 0.25) is 0 Å².